The maximum atomic E-state index is 5.69. The number of hydrogen-bond donors (Lipinski definition) is 1. The Bertz CT molecular complexity index is 431. The van der Waals surface area contributed by atoms with E-state index < -0.39 is 0 Å². The monoisotopic (exact) mass is 189 g/mol. The van der Waals surface area contributed by atoms with Crippen molar-refractivity contribution in [1.29, 1.82) is 0 Å². The normalized spacial score (nSPS) is 11.0. The smallest absolute Gasteiger partial charge is 0.134 e. The number of fused-ring (bicyclic) bond motifs is 1. The zero-order chi connectivity index (χ0) is 9.97. The lowest BCUT2D eigenvalue weighted by Gasteiger charge is -1.94. The van der Waals surface area contributed by atoms with Gasteiger partial charge in [-0.2, -0.15) is 0 Å². The van der Waals surface area contributed by atoms with E-state index in [0.29, 0.717) is 0 Å². The van der Waals surface area contributed by atoms with Crippen LogP contribution in [0.5, 0.6) is 0 Å². The first kappa shape index (κ1) is 9.28. The van der Waals surface area contributed by atoms with Gasteiger partial charge in [0.05, 0.1) is 6.54 Å². The molecule has 2 aromatic rings. The maximum Gasteiger partial charge on any atom is 0.134 e. The molecular weight excluding hydrogens is 174 g/mol. The lowest BCUT2D eigenvalue weighted by Crippen LogP contribution is -2.10. The van der Waals surface area contributed by atoms with Gasteiger partial charge in [0.15, 0.2) is 0 Å². The fourth-order valence-electron chi connectivity index (χ4n) is 1.59. The molecule has 0 fully saturated rings. The van der Waals surface area contributed by atoms with Crippen LogP contribution in [0, 0.1) is 6.92 Å². The molecule has 0 spiro atoms. The molecular formula is C12H15NO. The predicted octanol–water partition coefficient (Wildman–Crippen LogP) is 2.85. The van der Waals surface area contributed by atoms with Crippen LogP contribution < -0.4 is 5.32 Å². The molecule has 14 heavy (non-hydrogen) atoms. The van der Waals surface area contributed by atoms with E-state index in [1.165, 1.54) is 10.9 Å². The van der Waals surface area contributed by atoms with Gasteiger partial charge in [0.1, 0.15) is 11.3 Å². The molecule has 2 nitrogen and oxygen atoms in total. The Morgan fingerprint density at radius 1 is 1.36 bits per heavy atom. The van der Waals surface area contributed by atoms with Gasteiger partial charge in [-0.25, -0.2) is 0 Å². The van der Waals surface area contributed by atoms with Crippen LogP contribution in [0.25, 0.3) is 11.0 Å². The second-order valence-electron chi connectivity index (χ2n) is 3.48. The van der Waals surface area contributed by atoms with E-state index >= 15 is 0 Å². The molecule has 1 aromatic heterocycles. The van der Waals surface area contributed by atoms with Crippen LogP contribution in [0.3, 0.4) is 0 Å². The molecule has 74 valence electrons. The van der Waals surface area contributed by atoms with E-state index in [0.717, 1.165) is 24.4 Å². The van der Waals surface area contributed by atoms with Crippen molar-refractivity contribution in [3.8, 4) is 0 Å². The van der Waals surface area contributed by atoms with E-state index in [-0.39, 0.29) is 0 Å². The average Bonchev–Trinajstić information content (AvgIpc) is 2.59. The molecule has 0 saturated carbocycles. The zero-order valence-corrected chi connectivity index (χ0v) is 8.63. The number of hydrogen-bond acceptors (Lipinski definition) is 2. The fourth-order valence-corrected chi connectivity index (χ4v) is 1.59. The van der Waals surface area contributed by atoms with Gasteiger partial charge in [-0.05, 0) is 31.2 Å². The molecule has 1 heterocycles. The Kier molecular flexibility index (Phi) is 2.55. The van der Waals surface area contributed by atoms with E-state index in [4.69, 9.17) is 4.42 Å². The Balaban J connectivity index is 2.36. The quantitative estimate of drug-likeness (QED) is 0.803. The highest BCUT2D eigenvalue weighted by Crippen LogP contribution is 2.22. The summed E-state index contributed by atoms with van der Waals surface area (Å²) in [5.41, 5.74) is 2.26. The highest BCUT2D eigenvalue weighted by Gasteiger charge is 2.04. The Hall–Kier alpha value is -1.28. The average molecular weight is 189 g/mol. The van der Waals surface area contributed by atoms with Crippen molar-refractivity contribution in [2.45, 2.75) is 20.4 Å². The second kappa shape index (κ2) is 3.84. The predicted molar refractivity (Wildman–Crippen MR) is 58.3 cm³/mol. The van der Waals surface area contributed by atoms with Gasteiger partial charge in [0.2, 0.25) is 0 Å². The third-order valence-electron chi connectivity index (χ3n) is 2.38. The summed E-state index contributed by atoms with van der Waals surface area (Å²) in [5, 5.41) is 4.47. The molecule has 2 heteroatoms. The van der Waals surface area contributed by atoms with E-state index in [9.17, 15) is 0 Å². The van der Waals surface area contributed by atoms with Crippen LogP contribution in [0.2, 0.25) is 0 Å². The van der Waals surface area contributed by atoms with Gasteiger partial charge in [-0.3, -0.25) is 0 Å². The lowest BCUT2D eigenvalue weighted by atomic mass is 10.1. The maximum absolute atomic E-state index is 5.69. The lowest BCUT2D eigenvalue weighted by molar-refractivity contribution is 0.520. The molecule has 0 aliphatic carbocycles. The molecule has 1 N–H and O–H groups in total. The molecule has 0 saturated heterocycles. The summed E-state index contributed by atoms with van der Waals surface area (Å²) in [6.07, 6.45) is 0. The van der Waals surface area contributed by atoms with Crippen molar-refractivity contribution in [3.05, 3.63) is 35.6 Å². The number of benzene rings is 1. The molecule has 0 aliphatic rings. The Labute approximate surface area is 83.9 Å². The van der Waals surface area contributed by atoms with Crippen LogP contribution in [-0.2, 0) is 6.54 Å². The molecule has 0 amide bonds. The summed E-state index contributed by atoms with van der Waals surface area (Å²) in [6, 6.07) is 8.26. The summed E-state index contributed by atoms with van der Waals surface area (Å²) in [4.78, 5) is 0. The third-order valence-corrected chi connectivity index (χ3v) is 2.38. The van der Waals surface area contributed by atoms with Crippen molar-refractivity contribution >= 4 is 11.0 Å². The van der Waals surface area contributed by atoms with Crippen LogP contribution in [-0.4, -0.2) is 6.54 Å². The summed E-state index contributed by atoms with van der Waals surface area (Å²) in [6.45, 7) is 5.98. The minimum absolute atomic E-state index is 0.810. The first-order chi connectivity index (χ1) is 6.81. The largest absolute Gasteiger partial charge is 0.460 e. The Morgan fingerprint density at radius 2 is 2.21 bits per heavy atom. The SMILES string of the molecule is CCNCc1cc2c(C)cccc2o1. The summed E-state index contributed by atoms with van der Waals surface area (Å²) < 4.78 is 5.69. The summed E-state index contributed by atoms with van der Waals surface area (Å²) >= 11 is 0. The van der Waals surface area contributed by atoms with E-state index in [2.05, 4.69) is 31.3 Å². The molecule has 1 aromatic carbocycles. The van der Waals surface area contributed by atoms with Gasteiger partial charge in [0.25, 0.3) is 0 Å². The van der Waals surface area contributed by atoms with Gasteiger partial charge in [-0.1, -0.05) is 19.1 Å². The van der Waals surface area contributed by atoms with Gasteiger partial charge in [-0.15, -0.1) is 0 Å². The van der Waals surface area contributed by atoms with Gasteiger partial charge >= 0.3 is 0 Å². The van der Waals surface area contributed by atoms with Gasteiger partial charge < -0.3 is 9.73 Å². The topological polar surface area (TPSA) is 25.2 Å². The van der Waals surface area contributed by atoms with Crippen LogP contribution >= 0.6 is 0 Å². The van der Waals surface area contributed by atoms with Crippen LogP contribution in [0.15, 0.2) is 28.7 Å². The molecule has 0 atom stereocenters. The van der Waals surface area contributed by atoms with Crippen molar-refractivity contribution in [2.75, 3.05) is 6.54 Å². The standard InChI is InChI=1S/C12H15NO/c1-3-13-8-10-7-11-9(2)5-4-6-12(11)14-10/h4-7,13H,3,8H2,1-2H3. The summed E-state index contributed by atoms with van der Waals surface area (Å²) in [5.74, 6) is 1.01. The fraction of sp³-hybridized carbons (Fsp3) is 0.333. The first-order valence-electron chi connectivity index (χ1n) is 5.00. The van der Waals surface area contributed by atoms with E-state index in [1.807, 2.05) is 12.1 Å². The van der Waals surface area contributed by atoms with Crippen LogP contribution in [0.4, 0.5) is 0 Å². The minimum Gasteiger partial charge on any atom is -0.460 e. The van der Waals surface area contributed by atoms with Crippen molar-refractivity contribution in [1.82, 2.24) is 5.32 Å². The zero-order valence-electron chi connectivity index (χ0n) is 8.63. The number of furan rings is 1. The highest BCUT2D eigenvalue weighted by molar-refractivity contribution is 5.81. The number of nitrogens with one attached hydrogen (secondary N) is 1. The van der Waals surface area contributed by atoms with Gasteiger partial charge in [0, 0.05) is 5.39 Å². The first-order valence-corrected chi connectivity index (χ1v) is 5.00. The highest BCUT2D eigenvalue weighted by atomic mass is 16.3. The molecule has 0 radical (unpaired) electrons. The number of aryl methyl sites for hydroxylation is 1. The third kappa shape index (κ3) is 1.66. The van der Waals surface area contributed by atoms with Crippen LogP contribution in [0.1, 0.15) is 18.2 Å². The minimum atomic E-state index is 0.810. The molecule has 0 unspecified atom stereocenters. The second-order valence-corrected chi connectivity index (χ2v) is 3.48. The van der Waals surface area contributed by atoms with E-state index in [1.54, 1.807) is 0 Å². The Morgan fingerprint density at radius 3 is 2.93 bits per heavy atom. The van der Waals surface area contributed by atoms with Crippen molar-refractivity contribution < 1.29 is 4.42 Å². The molecule has 0 bridgehead atoms. The molecule has 2 rings (SSSR count). The molecule has 0 aliphatic heterocycles. The van der Waals surface area contributed by atoms with Crippen molar-refractivity contribution in [3.63, 3.8) is 0 Å². The summed E-state index contributed by atoms with van der Waals surface area (Å²) in [7, 11) is 0. The number of rotatable bonds is 3. The van der Waals surface area contributed by atoms with Crippen molar-refractivity contribution in [2.24, 2.45) is 0 Å².